The topological polar surface area (TPSA) is 73.6 Å². The maximum atomic E-state index is 12.8. The quantitative estimate of drug-likeness (QED) is 0.823. The van der Waals surface area contributed by atoms with Crippen molar-refractivity contribution in [2.24, 2.45) is 17.1 Å². The summed E-state index contributed by atoms with van der Waals surface area (Å²) in [7, 11) is 0. The van der Waals surface area contributed by atoms with E-state index in [9.17, 15) is 18.0 Å². The fourth-order valence-electron chi connectivity index (χ4n) is 4.04. The number of carbonyl (C=O) groups is 1. The van der Waals surface area contributed by atoms with E-state index < -0.39 is 29.0 Å². The number of amides is 1. The minimum Gasteiger partial charge on any atom is -0.406 e. The molecule has 1 saturated carbocycles. The maximum absolute atomic E-state index is 12.8. The number of benzene rings is 1. The molecule has 1 amide bonds. The van der Waals surface area contributed by atoms with Gasteiger partial charge in [0.25, 0.3) is 0 Å². The molecule has 0 radical (unpaired) electrons. The summed E-state index contributed by atoms with van der Waals surface area (Å²) in [5.41, 5.74) is 4.96. The van der Waals surface area contributed by atoms with Gasteiger partial charge >= 0.3 is 6.36 Å². The molecule has 146 valence electrons. The molecule has 3 N–H and O–H groups in total. The molecule has 0 spiro atoms. The Labute approximate surface area is 155 Å². The number of hydrogen-bond donors (Lipinski definition) is 2. The molecular formula is C17H22ClF3N2O3. The Morgan fingerprint density at radius 3 is 2.73 bits per heavy atom. The van der Waals surface area contributed by atoms with Crippen LogP contribution in [0, 0.1) is 11.3 Å². The zero-order valence-corrected chi connectivity index (χ0v) is 15.2. The molecule has 3 atom stereocenters. The largest absolute Gasteiger partial charge is 0.573 e. The second kappa shape index (κ2) is 6.90. The molecule has 0 bridgehead atoms. The number of fused-ring (bicyclic) bond motifs is 1. The van der Waals surface area contributed by atoms with Crippen LogP contribution in [0.15, 0.2) is 24.3 Å². The smallest absolute Gasteiger partial charge is 0.406 e. The third kappa shape index (κ3) is 3.37. The van der Waals surface area contributed by atoms with Gasteiger partial charge in [0.15, 0.2) is 0 Å². The van der Waals surface area contributed by atoms with E-state index in [0.29, 0.717) is 6.61 Å². The summed E-state index contributed by atoms with van der Waals surface area (Å²) < 4.78 is 46.6. The second-order valence-corrected chi connectivity index (χ2v) is 7.16. The van der Waals surface area contributed by atoms with E-state index in [2.05, 4.69) is 10.1 Å². The molecule has 3 unspecified atom stereocenters. The minimum atomic E-state index is -4.79. The van der Waals surface area contributed by atoms with Gasteiger partial charge in [0, 0.05) is 29.7 Å². The summed E-state index contributed by atoms with van der Waals surface area (Å²) in [6.07, 6.45) is -3.26. The molecule has 1 saturated heterocycles. The van der Waals surface area contributed by atoms with Gasteiger partial charge < -0.3 is 20.5 Å². The molecule has 2 aliphatic rings. The lowest BCUT2D eigenvalue weighted by atomic mass is 9.46. The van der Waals surface area contributed by atoms with Crippen LogP contribution in [0.5, 0.6) is 5.75 Å². The van der Waals surface area contributed by atoms with Crippen molar-refractivity contribution < 1.29 is 27.4 Å². The molecule has 0 aromatic heterocycles. The van der Waals surface area contributed by atoms with Crippen LogP contribution in [0.4, 0.5) is 18.9 Å². The first kappa shape index (κ1) is 20.8. The summed E-state index contributed by atoms with van der Waals surface area (Å²) >= 11 is 0. The number of anilines is 1. The summed E-state index contributed by atoms with van der Waals surface area (Å²) in [6, 6.07) is 5.15. The van der Waals surface area contributed by atoms with Crippen molar-refractivity contribution in [3.63, 3.8) is 0 Å². The number of nitrogens with one attached hydrogen (secondary N) is 1. The molecule has 26 heavy (non-hydrogen) atoms. The highest BCUT2D eigenvalue weighted by Crippen LogP contribution is 2.57. The van der Waals surface area contributed by atoms with Crippen molar-refractivity contribution in [2.75, 3.05) is 11.9 Å². The predicted octanol–water partition coefficient (Wildman–Crippen LogP) is 3.48. The zero-order chi connectivity index (χ0) is 18.5. The summed E-state index contributed by atoms with van der Waals surface area (Å²) in [6.45, 7) is 4.41. The van der Waals surface area contributed by atoms with E-state index >= 15 is 0 Å². The van der Waals surface area contributed by atoms with E-state index in [-0.39, 0.29) is 30.1 Å². The van der Waals surface area contributed by atoms with Crippen LogP contribution in [0.2, 0.25) is 0 Å². The lowest BCUT2D eigenvalue weighted by Gasteiger charge is -2.65. The molecular weight excluding hydrogens is 373 g/mol. The SMILES string of the molecule is CC1(C)C2OCCCC2C1(N)C(=O)Nc1cccc(OC(F)(F)F)c1.Cl. The minimum absolute atomic E-state index is 0. The summed E-state index contributed by atoms with van der Waals surface area (Å²) in [5.74, 6) is -0.928. The van der Waals surface area contributed by atoms with Gasteiger partial charge in [-0.25, -0.2) is 0 Å². The normalized spacial score (nSPS) is 29.6. The average Bonchev–Trinajstić information content (AvgIpc) is 2.52. The third-order valence-electron chi connectivity index (χ3n) is 5.39. The van der Waals surface area contributed by atoms with Crippen molar-refractivity contribution in [3.8, 4) is 5.75 Å². The Morgan fingerprint density at radius 2 is 2.08 bits per heavy atom. The van der Waals surface area contributed by atoms with Gasteiger partial charge in [-0.05, 0) is 25.0 Å². The fourth-order valence-corrected chi connectivity index (χ4v) is 4.04. The monoisotopic (exact) mass is 394 g/mol. The van der Waals surface area contributed by atoms with Crippen LogP contribution in [0.25, 0.3) is 0 Å². The standard InChI is InChI=1S/C17H21F3N2O3.ClH/c1-15(2)13-12(7-4-8-24-13)16(15,21)14(23)22-10-5-3-6-11(9-10)25-17(18,19)20;/h3,5-6,9,12-13H,4,7-8,21H2,1-2H3,(H,22,23);1H. The van der Waals surface area contributed by atoms with Gasteiger partial charge in [0.1, 0.15) is 11.3 Å². The third-order valence-corrected chi connectivity index (χ3v) is 5.39. The van der Waals surface area contributed by atoms with Gasteiger partial charge in [0.05, 0.1) is 6.10 Å². The van der Waals surface area contributed by atoms with Crippen molar-refractivity contribution in [1.29, 1.82) is 0 Å². The van der Waals surface area contributed by atoms with E-state index in [4.69, 9.17) is 10.5 Å². The lowest BCUT2D eigenvalue weighted by molar-refractivity contribution is -0.274. The lowest BCUT2D eigenvalue weighted by Crippen LogP contribution is -2.81. The molecule has 3 rings (SSSR count). The number of hydrogen-bond acceptors (Lipinski definition) is 4. The number of rotatable bonds is 3. The Hall–Kier alpha value is -1.51. The Balaban J connectivity index is 0.00000243. The molecule has 2 fully saturated rings. The molecule has 1 aliphatic heterocycles. The van der Waals surface area contributed by atoms with Crippen LogP contribution in [-0.2, 0) is 9.53 Å². The molecule has 1 aromatic rings. The van der Waals surface area contributed by atoms with E-state index in [1.807, 2.05) is 13.8 Å². The van der Waals surface area contributed by atoms with Crippen molar-refractivity contribution in [2.45, 2.75) is 44.7 Å². The average molecular weight is 395 g/mol. The highest BCUT2D eigenvalue weighted by atomic mass is 35.5. The van der Waals surface area contributed by atoms with Crippen molar-refractivity contribution >= 4 is 24.0 Å². The van der Waals surface area contributed by atoms with Gasteiger partial charge in [-0.3, -0.25) is 4.79 Å². The first-order valence-electron chi connectivity index (χ1n) is 8.13. The molecule has 1 aromatic carbocycles. The second-order valence-electron chi connectivity index (χ2n) is 7.16. The number of carbonyl (C=O) groups excluding carboxylic acids is 1. The molecule has 9 heteroatoms. The van der Waals surface area contributed by atoms with Crippen molar-refractivity contribution in [3.05, 3.63) is 24.3 Å². The summed E-state index contributed by atoms with van der Waals surface area (Å²) in [5, 5.41) is 2.63. The summed E-state index contributed by atoms with van der Waals surface area (Å²) in [4.78, 5) is 12.8. The number of alkyl halides is 3. The number of ether oxygens (including phenoxy) is 2. The van der Waals surface area contributed by atoms with Crippen LogP contribution in [-0.4, -0.2) is 30.5 Å². The van der Waals surface area contributed by atoms with E-state index in [0.717, 1.165) is 18.9 Å². The van der Waals surface area contributed by atoms with Crippen LogP contribution in [0.1, 0.15) is 26.7 Å². The highest BCUT2D eigenvalue weighted by Gasteiger charge is 2.70. The van der Waals surface area contributed by atoms with E-state index in [1.165, 1.54) is 18.2 Å². The van der Waals surface area contributed by atoms with Gasteiger partial charge in [-0.1, -0.05) is 19.9 Å². The zero-order valence-electron chi connectivity index (χ0n) is 14.4. The van der Waals surface area contributed by atoms with E-state index in [1.54, 1.807) is 0 Å². The highest BCUT2D eigenvalue weighted by molar-refractivity contribution is 6.00. The van der Waals surface area contributed by atoms with Crippen LogP contribution >= 0.6 is 12.4 Å². The van der Waals surface area contributed by atoms with Gasteiger partial charge in [0.2, 0.25) is 5.91 Å². The molecule has 5 nitrogen and oxygen atoms in total. The van der Waals surface area contributed by atoms with Crippen molar-refractivity contribution in [1.82, 2.24) is 0 Å². The van der Waals surface area contributed by atoms with Gasteiger partial charge in [-0.2, -0.15) is 0 Å². The molecule has 1 heterocycles. The molecule has 1 aliphatic carbocycles. The van der Waals surface area contributed by atoms with Crippen LogP contribution < -0.4 is 15.8 Å². The van der Waals surface area contributed by atoms with Crippen LogP contribution in [0.3, 0.4) is 0 Å². The Bertz CT molecular complexity index is 683. The fraction of sp³-hybridized carbons (Fsp3) is 0.588. The first-order chi connectivity index (χ1) is 11.6. The Kier molecular flexibility index (Phi) is 5.52. The Morgan fingerprint density at radius 1 is 1.38 bits per heavy atom. The van der Waals surface area contributed by atoms with Gasteiger partial charge in [-0.15, -0.1) is 25.6 Å². The maximum Gasteiger partial charge on any atom is 0.573 e. The first-order valence-corrected chi connectivity index (χ1v) is 8.13. The number of halogens is 4. The predicted molar refractivity (Wildman–Crippen MR) is 92.2 cm³/mol. The number of nitrogens with two attached hydrogens (primary N) is 1.